The van der Waals surface area contributed by atoms with Gasteiger partial charge in [-0.15, -0.1) is 0 Å². The van der Waals surface area contributed by atoms with Crippen molar-refractivity contribution in [2.24, 2.45) is 0 Å². The molecule has 8 heteroatoms. The molecular weight excluding hydrogens is 320 g/mol. The molecule has 0 aromatic heterocycles. The summed E-state index contributed by atoms with van der Waals surface area (Å²) in [6.45, 7) is 0. The van der Waals surface area contributed by atoms with Crippen LogP contribution in [0.1, 0.15) is 11.5 Å². The smallest absolute Gasteiger partial charge is 0.186 e. The van der Waals surface area contributed by atoms with E-state index in [9.17, 15) is 40.2 Å². The first kappa shape index (κ1) is 15.6. The Labute approximate surface area is 134 Å². The van der Waals surface area contributed by atoms with Gasteiger partial charge in [0.2, 0.25) is 0 Å². The fourth-order valence-electron chi connectivity index (χ4n) is 2.88. The minimum atomic E-state index is -1.55. The standard InChI is InChI=1S/C16H12O8/c17-5-1-7(19)11(8(20)2-5)13-15(23)14(16(13)24)12-9(21)3-6(18)4-10(12)22/h1-4,13,15,17,19-23H/t13-,15-/m0/s1. The Morgan fingerprint density at radius 2 is 1.33 bits per heavy atom. The Bertz CT molecular complexity index is 827. The summed E-state index contributed by atoms with van der Waals surface area (Å²) in [5, 5.41) is 58.7. The average Bonchev–Trinajstić information content (AvgIpc) is 2.46. The SMILES string of the molecule is O=C1C=C(O)C(=C2C(=O)[C@@H](c3c(O)cc(O)cc3O)[C@@H]2O)C(O)=C1. The number of ketones is 2. The number of benzene rings is 1. The fraction of sp³-hybridized carbons (Fsp3) is 0.125. The lowest BCUT2D eigenvalue weighted by Crippen LogP contribution is -2.44. The lowest BCUT2D eigenvalue weighted by Gasteiger charge is -2.36. The van der Waals surface area contributed by atoms with Gasteiger partial charge >= 0.3 is 0 Å². The van der Waals surface area contributed by atoms with Gasteiger partial charge in [-0.2, -0.15) is 0 Å². The van der Waals surface area contributed by atoms with E-state index in [2.05, 4.69) is 0 Å². The van der Waals surface area contributed by atoms with Crippen LogP contribution in [-0.2, 0) is 9.59 Å². The summed E-state index contributed by atoms with van der Waals surface area (Å²) in [7, 11) is 0. The van der Waals surface area contributed by atoms with Crippen LogP contribution in [0.4, 0.5) is 0 Å². The van der Waals surface area contributed by atoms with Crippen molar-refractivity contribution in [2.45, 2.75) is 12.0 Å². The Kier molecular flexibility index (Phi) is 3.34. The summed E-state index contributed by atoms with van der Waals surface area (Å²) in [5.41, 5.74) is -1.00. The van der Waals surface area contributed by atoms with Gasteiger partial charge in [-0.05, 0) is 0 Å². The third kappa shape index (κ3) is 2.12. The molecule has 0 bridgehead atoms. The Balaban J connectivity index is 2.07. The number of aliphatic hydroxyl groups excluding tert-OH is 3. The van der Waals surface area contributed by atoms with Crippen LogP contribution in [-0.4, -0.2) is 48.3 Å². The number of carbonyl (C=O) groups is 2. The maximum absolute atomic E-state index is 12.4. The van der Waals surface area contributed by atoms with Crippen LogP contribution < -0.4 is 0 Å². The number of rotatable bonds is 1. The Morgan fingerprint density at radius 3 is 1.79 bits per heavy atom. The summed E-state index contributed by atoms with van der Waals surface area (Å²) in [4.78, 5) is 23.6. The number of hydrogen-bond acceptors (Lipinski definition) is 8. The van der Waals surface area contributed by atoms with E-state index >= 15 is 0 Å². The third-order valence-electron chi connectivity index (χ3n) is 3.93. The summed E-state index contributed by atoms with van der Waals surface area (Å²) in [6, 6.07) is 1.79. The zero-order chi connectivity index (χ0) is 17.8. The predicted molar refractivity (Wildman–Crippen MR) is 78.6 cm³/mol. The molecule has 2 atom stereocenters. The number of phenols is 3. The summed E-state index contributed by atoms with van der Waals surface area (Å²) >= 11 is 0. The molecule has 1 saturated carbocycles. The van der Waals surface area contributed by atoms with Crippen LogP contribution in [0.15, 0.2) is 46.9 Å². The van der Waals surface area contributed by atoms with Gasteiger partial charge in [0.25, 0.3) is 0 Å². The van der Waals surface area contributed by atoms with E-state index in [-0.39, 0.29) is 16.7 Å². The van der Waals surface area contributed by atoms with Gasteiger partial charge in [-0.25, -0.2) is 0 Å². The molecule has 0 spiro atoms. The molecule has 8 nitrogen and oxygen atoms in total. The van der Waals surface area contributed by atoms with E-state index in [1.807, 2.05) is 0 Å². The molecule has 0 unspecified atom stereocenters. The molecule has 0 amide bonds. The molecule has 2 aliphatic rings. The minimum absolute atomic E-state index is 0.284. The van der Waals surface area contributed by atoms with Gasteiger partial charge in [0.05, 0.1) is 17.6 Å². The topological polar surface area (TPSA) is 156 Å². The zero-order valence-electron chi connectivity index (χ0n) is 12.0. The first-order chi connectivity index (χ1) is 11.2. The van der Waals surface area contributed by atoms with Crippen LogP contribution in [0.5, 0.6) is 17.2 Å². The molecule has 0 heterocycles. The van der Waals surface area contributed by atoms with Crippen LogP contribution in [0.25, 0.3) is 0 Å². The zero-order valence-corrected chi connectivity index (χ0v) is 12.0. The monoisotopic (exact) mass is 332 g/mol. The second kappa shape index (κ2) is 5.14. The normalized spacial score (nSPS) is 23.7. The van der Waals surface area contributed by atoms with Gasteiger partial charge in [-0.1, -0.05) is 0 Å². The van der Waals surface area contributed by atoms with Crippen molar-refractivity contribution in [3.8, 4) is 17.2 Å². The molecule has 0 radical (unpaired) electrons. The molecule has 124 valence electrons. The average molecular weight is 332 g/mol. The van der Waals surface area contributed by atoms with Crippen LogP contribution in [0, 0.1) is 0 Å². The minimum Gasteiger partial charge on any atom is -0.508 e. The second-order valence-corrected chi connectivity index (χ2v) is 5.43. The number of aromatic hydroxyl groups is 3. The van der Waals surface area contributed by atoms with Crippen molar-refractivity contribution in [2.75, 3.05) is 0 Å². The van der Waals surface area contributed by atoms with Crippen LogP contribution >= 0.6 is 0 Å². The van der Waals surface area contributed by atoms with Crippen molar-refractivity contribution in [3.63, 3.8) is 0 Å². The summed E-state index contributed by atoms with van der Waals surface area (Å²) in [5.74, 6) is -5.73. The Morgan fingerprint density at radius 1 is 0.833 bits per heavy atom. The summed E-state index contributed by atoms with van der Waals surface area (Å²) in [6.07, 6.45) is 0.0172. The van der Waals surface area contributed by atoms with Crippen molar-refractivity contribution in [1.29, 1.82) is 0 Å². The van der Waals surface area contributed by atoms with E-state index in [0.717, 1.165) is 24.3 Å². The van der Waals surface area contributed by atoms with E-state index in [1.54, 1.807) is 0 Å². The molecule has 1 aromatic carbocycles. The van der Waals surface area contributed by atoms with E-state index < -0.39 is 52.4 Å². The molecule has 1 aromatic rings. The lowest BCUT2D eigenvalue weighted by atomic mass is 9.68. The van der Waals surface area contributed by atoms with Crippen LogP contribution in [0.3, 0.4) is 0 Å². The highest BCUT2D eigenvalue weighted by Gasteiger charge is 2.50. The van der Waals surface area contributed by atoms with Crippen molar-refractivity contribution >= 4 is 11.6 Å². The molecular formula is C16H12O8. The van der Waals surface area contributed by atoms with Crippen LogP contribution in [0.2, 0.25) is 0 Å². The van der Waals surface area contributed by atoms with E-state index in [4.69, 9.17) is 0 Å². The largest absolute Gasteiger partial charge is 0.508 e. The number of Topliss-reactive ketones (excluding diaryl/α,β-unsaturated/α-hetero) is 1. The molecule has 0 aliphatic heterocycles. The Hall–Kier alpha value is -3.26. The van der Waals surface area contributed by atoms with Gasteiger partial charge in [0, 0.05) is 35.4 Å². The van der Waals surface area contributed by atoms with Crippen molar-refractivity contribution in [3.05, 3.63) is 52.5 Å². The van der Waals surface area contributed by atoms with Gasteiger partial charge in [0.1, 0.15) is 28.8 Å². The molecule has 6 N–H and O–H groups in total. The summed E-state index contributed by atoms with van der Waals surface area (Å²) < 4.78 is 0. The first-order valence-corrected chi connectivity index (χ1v) is 6.79. The van der Waals surface area contributed by atoms with Crippen molar-refractivity contribution < 1.29 is 40.2 Å². The molecule has 1 fully saturated rings. The van der Waals surface area contributed by atoms with Gasteiger partial charge in [-0.3, -0.25) is 9.59 Å². The number of hydrogen-bond donors (Lipinski definition) is 6. The highest BCUT2D eigenvalue weighted by Crippen LogP contribution is 2.49. The van der Waals surface area contributed by atoms with E-state index in [0.29, 0.717) is 0 Å². The predicted octanol–water partition coefficient (Wildman–Crippen LogP) is 0.594. The molecule has 3 rings (SSSR count). The molecule has 2 aliphatic carbocycles. The quantitative estimate of drug-likeness (QED) is 0.408. The van der Waals surface area contributed by atoms with E-state index in [1.165, 1.54) is 0 Å². The first-order valence-electron chi connectivity index (χ1n) is 6.79. The highest BCUT2D eigenvalue weighted by molar-refractivity contribution is 6.13. The molecule has 0 saturated heterocycles. The third-order valence-corrected chi connectivity index (χ3v) is 3.93. The van der Waals surface area contributed by atoms with Gasteiger partial charge in [0.15, 0.2) is 11.6 Å². The number of aliphatic hydroxyl groups is 3. The highest BCUT2D eigenvalue weighted by atomic mass is 16.3. The fourth-order valence-corrected chi connectivity index (χ4v) is 2.88. The second-order valence-electron chi connectivity index (χ2n) is 5.43. The molecule has 24 heavy (non-hydrogen) atoms. The lowest BCUT2D eigenvalue weighted by molar-refractivity contribution is -0.126. The number of carbonyl (C=O) groups excluding carboxylic acids is 2. The number of allylic oxidation sites excluding steroid dienone is 2. The van der Waals surface area contributed by atoms with Crippen molar-refractivity contribution in [1.82, 2.24) is 0 Å². The maximum atomic E-state index is 12.4. The maximum Gasteiger partial charge on any atom is 0.186 e. The number of phenolic OH excluding ortho intramolecular Hbond substituents is 3. The van der Waals surface area contributed by atoms with Gasteiger partial charge < -0.3 is 30.6 Å².